The fourth-order valence-electron chi connectivity index (χ4n) is 5.74. The molecule has 186 valence electrons. The maximum absolute atomic E-state index is 15.2. The van der Waals surface area contributed by atoms with Gasteiger partial charge in [-0.05, 0) is 103 Å². The number of fused-ring (bicyclic) bond motifs is 2. The standard InChI is InChI=1S/C29H29FN2O4/c1-15-19-8-6-10-36-28(19)25(30)11-21(15)27-17(3)24-14-32(29(35)20-7-5-9-31-18(20)4)13-23(24)16(2)22(27)12-26(33)34/h5,7,9,11H,6,8,10,12-14H2,1-4H3,(H,33,34). The number of pyridine rings is 1. The van der Waals surface area contributed by atoms with Gasteiger partial charge in [-0.3, -0.25) is 14.6 Å². The van der Waals surface area contributed by atoms with E-state index in [1.54, 1.807) is 23.2 Å². The van der Waals surface area contributed by atoms with Crippen LogP contribution in [0.3, 0.4) is 0 Å². The molecule has 1 N–H and O–H groups in total. The molecular weight excluding hydrogens is 459 g/mol. The summed E-state index contributed by atoms with van der Waals surface area (Å²) in [6, 6.07) is 5.01. The van der Waals surface area contributed by atoms with Crippen molar-refractivity contribution in [3.05, 3.63) is 80.4 Å². The number of halogens is 1. The van der Waals surface area contributed by atoms with Crippen LogP contribution in [0.5, 0.6) is 5.75 Å². The molecule has 0 radical (unpaired) electrons. The second kappa shape index (κ2) is 9.04. The molecule has 0 bridgehead atoms. The van der Waals surface area contributed by atoms with Gasteiger partial charge >= 0.3 is 5.97 Å². The number of rotatable bonds is 4. The van der Waals surface area contributed by atoms with E-state index in [1.807, 2.05) is 27.7 Å². The summed E-state index contributed by atoms with van der Waals surface area (Å²) in [6.45, 7) is 8.93. The number of carbonyl (C=O) groups is 2. The van der Waals surface area contributed by atoms with Crippen LogP contribution in [0, 0.1) is 33.5 Å². The van der Waals surface area contributed by atoms with Gasteiger partial charge in [-0.1, -0.05) is 0 Å². The van der Waals surface area contributed by atoms with E-state index in [1.165, 1.54) is 6.07 Å². The predicted molar refractivity (Wildman–Crippen MR) is 134 cm³/mol. The number of aryl methyl sites for hydroxylation is 1. The summed E-state index contributed by atoms with van der Waals surface area (Å²) in [4.78, 5) is 31.3. The summed E-state index contributed by atoms with van der Waals surface area (Å²) < 4.78 is 20.8. The van der Waals surface area contributed by atoms with Crippen molar-refractivity contribution in [3.63, 3.8) is 0 Å². The molecule has 0 atom stereocenters. The highest BCUT2D eigenvalue weighted by Crippen LogP contribution is 2.44. The lowest BCUT2D eigenvalue weighted by molar-refractivity contribution is -0.136. The van der Waals surface area contributed by atoms with E-state index >= 15 is 4.39 Å². The number of ether oxygens (including phenoxy) is 1. The zero-order valence-corrected chi connectivity index (χ0v) is 21.0. The number of amides is 1. The van der Waals surface area contributed by atoms with Gasteiger partial charge in [-0.15, -0.1) is 0 Å². The van der Waals surface area contributed by atoms with E-state index in [2.05, 4.69) is 4.98 Å². The summed E-state index contributed by atoms with van der Waals surface area (Å²) in [6.07, 6.45) is 3.01. The van der Waals surface area contributed by atoms with E-state index < -0.39 is 11.8 Å². The molecule has 5 rings (SSSR count). The van der Waals surface area contributed by atoms with Crippen LogP contribution in [-0.4, -0.2) is 33.5 Å². The van der Waals surface area contributed by atoms with Crippen molar-refractivity contribution in [1.82, 2.24) is 9.88 Å². The molecule has 36 heavy (non-hydrogen) atoms. The summed E-state index contributed by atoms with van der Waals surface area (Å²) in [5.41, 5.74) is 8.82. The number of nitrogens with zero attached hydrogens (tertiary/aromatic N) is 2. The Kier molecular flexibility index (Phi) is 6.02. The summed E-state index contributed by atoms with van der Waals surface area (Å²) in [5.74, 6) is -1.17. The van der Waals surface area contributed by atoms with Crippen LogP contribution in [0.25, 0.3) is 11.1 Å². The first kappa shape index (κ1) is 24.0. The van der Waals surface area contributed by atoms with E-state index in [0.717, 1.165) is 51.8 Å². The molecule has 0 saturated heterocycles. The number of hydrogen-bond donors (Lipinski definition) is 1. The Hall–Kier alpha value is -3.74. The second-order valence-corrected chi connectivity index (χ2v) is 9.72. The first-order valence-electron chi connectivity index (χ1n) is 12.2. The number of aliphatic carboxylic acids is 1. The molecule has 2 aromatic carbocycles. The zero-order chi connectivity index (χ0) is 25.7. The third kappa shape index (κ3) is 3.83. The summed E-state index contributed by atoms with van der Waals surface area (Å²) in [7, 11) is 0. The van der Waals surface area contributed by atoms with Crippen LogP contribution in [0.2, 0.25) is 0 Å². The molecule has 2 aliphatic rings. The lowest BCUT2D eigenvalue weighted by Crippen LogP contribution is -2.26. The highest BCUT2D eigenvalue weighted by molar-refractivity contribution is 5.96. The normalized spacial score (nSPS) is 14.3. The fraction of sp³-hybridized carbons (Fsp3) is 0.345. The summed E-state index contributed by atoms with van der Waals surface area (Å²) in [5, 5.41) is 9.77. The molecule has 1 amide bonds. The van der Waals surface area contributed by atoms with E-state index in [0.29, 0.717) is 47.8 Å². The molecule has 3 aromatic rings. The molecule has 0 spiro atoms. The van der Waals surface area contributed by atoms with Crippen LogP contribution in [0.1, 0.15) is 61.4 Å². The molecule has 0 aliphatic carbocycles. The maximum atomic E-state index is 15.2. The smallest absolute Gasteiger partial charge is 0.307 e. The molecule has 1 aromatic heterocycles. The van der Waals surface area contributed by atoms with Crippen LogP contribution >= 0.6 is 0 Å². The largest absolute Gasteiger partial charge is 0.490 e. The lowest BCUT2D eigenvalue weighted by Gasteiger charge is -2.25. The monoisotopic (exact) mass is 488 g/mol. The molecule has 7 heteroatoms. The van der Waals surface area contributed by atoms with Crippen LogP contribution in [0.4, 0.5) is 4.39 Å². The van der Waals surface area contributed by atoms with Crippen molar-refractivity contribution in [2.24, 2.45) is 0 Å². The van der Waals surface area contributed by atoms with Crippen molar-refractivity contribution in [3.8, 4) is 16.9 Å². The van der Waals surface area contributed by atoms with Gasteiger partial charge in [-0.2, -0.15) is 0 Å². The fourth-order valence-corrected chi connectivity index (χ4v) is 5.74. The predicted octanol–water partition coefficient (Wildman–Crippen LogP) is 5.23. The average molecular weight is 489 g/mol. The van der Waals surface area contributed by atoms with Gasteiger partial charge in [0.05, 0.1) is 18.6 Å². The highest BCUT2D eigenvalue weighted by Gasteiger charge is 2.32. The first-order valence-corrected chi connectivity index (χ1v) is 12.2. The van der Waals surface area contributed by atoms with Crippen molar-refractivity contribution >= 4 is 11.9 Å². The van der Waals surface area contributed by atoms with Gasteiger partial charge < -0.3 is 14.7 Å². The Bertz CT molecular complexity index is 1430. The lowest BCUT2D eigenvalue weighted by atomic mass is 9.81. The van der Waals surface area contributed by atoms with Gasteiger partial charge in [0.15, 0.2) is 11.6 Å². The molecule has 0 unspecified atom stereocenters. The third-order valence-electron chi connectivity index (χ3n) is 7.66. The number of carboxylic acids is 1. The Morgan fingerprint density at radius 2 is 1.81 bits per heavy atom. The Balaban J connectivity index is 1.67. The Labute approximate surface area is 209 Å². The van der Waals surface area contributed by atoms with Gasteiger partial charge in [-0.25, -0.2) is 4.39 Å². The minimum atomic E-state index is -0.949. The van der Waals surface area contributed by atoms with E-state index in [9.17, 15) is 14.7 Å². The van der Waals surface area contributed by atoms with E-state index in [4.69, 9.17) is 4.74 Å². The van der Waals surface area contributed by atoms with Gasteiger partial charge in [0.2, 0.25) is 0 Å². The SMILES string of the molecule is Cc1ncccc1C(=O)N1Cc2c(C)c(CC(=O)O)c(-c3cc(F)c4c(c3C)CCCO4)c(C)c2C1. The minimum absolute atomic E-state index is 0.106. The molecule has 0 saturated carbocycles. The summed E-state index contributed by atoms with van der Waals surface area (Å²) >= 11 is 0. The van der Waals surface area contributed by atoms with Crippen molar-refractivity contribution in [2.45, 2.75) is 60.0 Å². The van der Waals surface area contributed by atoms with Gasteiger partial charge in [0, 0.05) is 30.5 Å². The Morgan fingerprint density at radius 1 is 1.08 bits per heavy atom. The highest BCUT2D eigenvalue weighted by atomic mass is 19.1. The van der Waals surface area contributed by atoms with Crippen molar-refractivity contribution in [1.29, 1.82) is 0 Å². The number of benzene rings is 2. The van der Waals surface area contributed by atoms with Crippen LogP contribution in [0.15, 0.2) is 24.4 Å². The van der Waals surface area contributed by atoms with Gasteiger partial charge in [0.1, 0.15) is 0 Å². The second-order valence-electron chi connectivity index (χ2n) is 9.72. The quantitative estimate of drug-likeness (QED) is 0.544. The van der Waals surface area contributed by atoms with Crippen LogP contribution in [-0.2, 0) is 30.7 Å². The zero-order valence-electron chi connectivity index (χ0n) is 21.0. The number of hydrogen-bond acceptors (Lipinski definition) is 4. The molecular formula is C29H29FN2O4. The molecule has 0 fully saturated rings. The minimum Gasteiger partial charge on any atom is -0.490 e. The topological polar surface area (TPSA) is 79.7 Å². The number of carboxylic acid groups (broad SMARTS) is 1. The maximum Gasteiger partial charge on any atom is 0.307 e. The van der Waals surface area contributed by atoms with Crippen LogP contribution < -0.4 is 4.74 Å². The van der Waals surface area contributed by atoms with E-state index in [-0.39, 0.29) is 12.3 Å². The Morgan fingerprint density at radius 3 is 2.50 bits per heavy atom. The third-order valence-corrected chi connectivity index (χ3v) is 7.66. The average Bonchev–Trinajstić information content (AvgIpc) is 3.31. The van der Waals surface area contributed by atoms with Crippen molar-refractivity contribution < 1.29 is 23.8 Å². The molecule has 2 aliphatic heterocycles. The number of carbonyl (C=O) groups excluding carboxylic acids is 1. The molecule has 6 nitrogen and oxygen atoms in total. The van der Waals surface area contributed by atoms with Gasteiger partial charge in [0.25, 0.3) is 5.91 Å². The number of aromatic nitrogens is 1. The molecule has 3 heterocycles. The first-order chi connectivity index (χ1) is 17.2. The van der Waals surface area contributed by atoms with Crippen molar-refractivity contribution in [2.75, 3.05) is 6.61 Å².